The largest absolute Gasteiger partial charge is 0.467 e. The van der Waals surface area contributed by atoms with Crippen molar-refractivity contribution in [3.63, 3.8) is 0 Å². The lowest BCUT2D eigenvalue weighted by Crippen LogP contribution is -2.02. The number of imidazole rings is 1. The summed E-state index contributed by atoms with van der Waals surface area (Å²) in [5.41, 5.74) is 10.3. The SMILES string of the molecule is COc1ncc(N)c(-c2ncccc2-c2nc(C)nc3nc[nH]c23)n1. The van der Waals surface area contributed by atoms with Gasteiger partial charge in [0.25, 0.3) is 0 Å². The number of H-pyrrole nitrogens is 1. The van der Waals surface area contributed by atoms with Crippen molar-refractivity contribution in [3.8, 4) is 28.7 Å². The number of nitrogens with zero attached hydrogens (tertiary/aromatic N) is 6. The summed E-state index contributed by atoms with van der Waals surface area (Å²) in [4.78, 5) is 29.0. The van der Waals surface area contributed by atoms with E-state index in [1.54, 1.807) is 12.5 Å². The molecule has 0 atom stereocenters. The molecule has 0 aliphatic rings. The second-order valence-electron chi connectivity index (χ2n) is 5.28. The monoisotopic (exact) mass is 334 g/mol. The fraction of sp³-hybridized carbons (Fsp3) is 0.125. The second-order valence-corrected chi connectivity index (χ2v) is 5.28. The van der Waals surface area contributed by atoms with E-state index in [2.05, 4.69) is 34.9 Å². The van der Waals surface area contributed by atoms with Gasteiger partial charge < -0.3 is 15.5 Å². The molecular formula is C16H14N8O. The number of aromatic amines is 1. The molecular weight excluding hydrogens is 320 g/mol. The zero-order valence-electron chi connectivity index (χ0n) is 13.6. The Kier molecular flexibility index (Phi) is 3.46. The van der Waals surface area contributed by atoms with Crippen LogP contribution in [0, 0.1) is 6.92 Å². The summed E-state index contributed by atoms with van der Waals surface area (Å²) in [6.07, 6.45) is 4.75. The van der Waals surface area contributed by atoms with Gasteiger partial charge in [-0.2, -0.15) is 4.98 Å². The number of hydrogen-bond acceptors (Lipinski definition) is 8. The molecule has 9 heteroatoms. The van der Waals surface area contributed by atoms with E-state index in [4.69, 9.17) is 10.5 Å². The van der Waals surface area contributed by atoms with Crippen LogP contribution in [-0.4, -0.2) is 42.0 Å². The summed E-state index contributed by atoms with van der Waals surface area (Å²) < 4.78 is 5.11. The number of nitrogens with one attached hydrogen (secondary N) is 1. The normalized spacial score (nSPS) is 11.0. The number of nitrogens with two attached hydrogens (primary N) is 1. The van der Waals surface area contributed by atoms with Crippen molar-refractivity contribution in [1.82, 2.24) is 34.9 Å². The van der Waals surface area contributed by atoms with Crippen molar-refractivity contribution in [1.29, 1.82) is 0 Å². The Balaban J connectivity index is 2.01. The van der Waals surface area contributed by atoms with Crippen molar-refractivity contribution < 1.29 is 4.74 Å². The van der Waals surface area contributed by atoms with Crippen LogP contribution in [0.4, 0.5) is 5.69 Å². The smallest absolute Gasteiger partial charge is 0.316 e. The Morgan fingerprint density at radius 2 is 1.92 bits per heavy atom. The number of aryl methyl sites for hydroxylation is 1. The van der Waals surface area contributed by atoms with Crippen LogP contribution in [0.25, 0.3) is 33.8 Å². The number of nitrogen functional groups attached to an aromatic ring is 1. The lowest BCUT2D eigenvalue weighted by molar-refractivity contribution is 0.380. The highest BCUT2D eigenvalue weighted by Crippen LogP contribution is 2.33. The number of hydrogen-bond donors (Lipinski definition) is 2. The Morgan fingerprint density at radius 3 is 2.76 bits per heavy atom. The van der Waals surface area contributed by atoms with Gasteiger partial charge in [-0.3, -0.25) is 4.98 Å². The quantitative estimate of drug-likeness (QED) is 0.580. The van der Waals surface area contributed by atoms with Crippen molar-refractivity contribution in [2.45, 2.75) is 6.92 Å². The lowest BCUT2D eigenvalue weighted by atomic mass is 10.1. The molecule has 124 valence electrons. The van der Waals surface area contributed by atoms with Gasteiger partial charge >= 0.3 is 6.01 Å². The molecule has 0 saturated heterocycles. The van der Waals surface area contributed by atoms with Crippen LogP contribution in [-0.2, 0) is 0 Å². The Labute approximate surface area is 142 Å². The minimum absolute atomic E-state index is 0.214. The molecule has 0 radical (unpaired) electrons. The standard InChI is InChI=1S/C16H14N8O/c1-8-22-12(14-15(23-8)21-7-20-14)9-4-3-5-18-11(9)13-10(17)6-19-16(24-13)25-2/h3-7H,17H2,1-2H3,(H,20,21,22,23). The van der Waals surface area contributed by atoms with Gasteiger partial charge in [-0.25, -0.2) is 19.9 Å². The summed E-state index contributed by atoms with van der Waals surface area (Å²) in [6.45, 7) is 1.82. The summed E-state index contributed by atoms with van der Waals surface area (Å²) in [5.74, 6) is 0.609. The molecule has 4 aromatic heterocycles. The molecule has 3 N–H and O–H groups in total. The van der Waals surface area contributed by atoms with E-state index < -0.39 is 0 Å². The minimum atomic E-state index is 0.214. The van der Waals surface area contributed by atoms with Gasteiger partial charge in [0.1, 0.15) is 28.4 Å². The van der Waals surface area contributed by atoms with Gasteiger partial charge in [0.2, 0.25) is 0 Å². The Bertz CT molecular complexity index is 1070. The van der Waals surface area contributed by atoms with Crippen LogP contribution in [0.1, 0.15) is 5.82 Å². The number of aromatic nitrogens is 7. The van der Waals surface area contributed by atoms with E-state index in [0.717, 1.165) is 11.1 Å². The molecule has 0 aromatic carbocycles. The molecule has 0 bridgehead atoms. The second kappa shape index (κ2) is 5.78. The molecule has 25 heavy (non-hydrogen) atoms. The van der Waals surface area contributed by atoms with Gasteiger partial charge in [0.05, 0.1) is 25.3 Å². The van der Waals surface area contributed by atoms with Crippen molar-refractivity contribution in [3.05, 3.63) is 36.7 Å². The zero-order valence-corrected chi connectivity index (χ0v) is 13.6. The summed E-state index contributed by atoms with van der Waals surface area (Å²) in [7, 11) is 1.50. The Hall–Kier alpha value is -3.62. The maximum absolute atomic E-state index is 6.07. The average Bonchev–Trinajstić information content (AvgIpc) is 3.10. The van der Waals surface area contributed by atoms with E-state index >= 15 is 0 Å². The van der Waals surface area contributed by atoms with Crippen LogP contribution in [0.5, 0.6) is 6.01 Å². The number of rotatable bonds is 3. The van der Waals surface area contributed by atoms with Gasteiger partial charge in [-0.15, -0.1) is 0 Å². The van der Waals surface area contributed by atoms with E-state index in [0.29, 0.717) is 34.2 Å². The maximum atomic E-state index is 6.07. The van der Waals surface area contributed by atoms with Crippen LogP contribution in [0.3, 0.4) is 0 Å². The topological polar surface area (TPSA) is 128 Å². The summed E-state index contributed by atoms with van der Waals surface area (Å²) in [6, 6.07) is 3.94. The first-order valence-corrected chi connectivity index (χ1v) is 7.47. The van der Waals surface area contributed by atoms with E-state index in [9.17, 15) is 0 Å². The third kappa shape index (κ3) is 2.51. The predicted octanol–water partition coefficient (Wildman–Crippen LogP) is 1.77. The lowest BCUT2D eigenvalue weighted by Gasteiger charge is -2.11. The number of methoxy groups -OCH3 is 1. The van der Waals surface area contributed by atoms with Crippen LogP contribution in [0.15, 0.2) is 30.9 Å². The molecule has 4 rings (SSSR count). The van der Waals surface area contributed by atoms with E-state index in [1.807, 2.05) is 19.1 Å². The molecule has 4 aromatic rings. The molecule has 0 aliphatic carbocycles. The Morgan fingerprint density at radius 1 is 1.04 bits per heavy atom. The highest BCUT2D eigenvalue weighted by atomic mass is 16.5. The van der Waals surface area contributed by atoms with Crippen molar-refractivity contribution in [2.75, 3.05) is 12.8 Å². The third-order valence-electron chi connectivity index (χ3n) is 3.66. The molecule has 4 heterocycles. The fourth-order valence-corrected chi connectivity index (χ4v) is 2.59. The van der Waals surface area contributed by atoms with Gasteiger partial charge in [-0.05, 0) is 19.1 Å². The average molecular weight is 334 g/mol. The van der Waals surface area contributed by atoms with Crippen LogP contribution < -0.4 is 10.5 Å². The molecule has 0 saturated carbocycles. The number of anilines is 1. The first kappa shape index (κ1) is 14.9. The van der Waals surface area contributed by atoms with Crippen LogP contribution in [0.2, 0.25) is 0 Å². The molecule has 0 amide bonds. The van der Waals surface area contributed by atoms with Gasteiger partial charge in [-0.1, -0.05) is 0 Å². The number of fused-ring (bicyclic) bond motifs is 1. The molecule has 0 aliphatic heterocycles. The minimum Gasteiger partial charge on any atom is -0.467 e. The first-order valence-electron chi connectivity index (χ1n) is 7.47. The fourth-order valence-electron chi connectivity index (χ4n) is 2.59. The maximum Gasteiger partial charge on any atom is 0.316 e. The van der Waals surface area contributed by atoms with Crippen molar-refractivity contribution in [2.24, 2.45) is 0 Å². The first-order chi connectivity index (χ1) is 12.2. The zero-order chi connectivity index (χ0) is 17.4. The highest BCUT2D eigenvalue weighted by Gasteiger charge is 2.18. The predicted molar refractivity (Wildman–Crippen MR) is 91.6 cm³/mol. The molecule has 0 unspecified atom stereocenters. The highest BCUT2D eigenvalue weighted by molar-refractivity contribution is 5.93. The van der Waals surface area contributed by atoms with E-state index in [-0.39, 0.29) is 6.01 Å². The number of pyridine rings is 1. The summed E-state index contributed by atoms with van der Waals surface area (Å²) >= 11 is 0. The summed E-state index contributed by atoms with van der Waals surface area (Å²) in [5, 5.41) is 0. The third-order valence-corrected chi connectivity index (χ3v) is 3.66. The van der Waals surface area contributed by atoms with E-state index in [1.165, 1.54) is 13.3 Å². The van der Waals surface area contributed by atoms with Gasteiger partial charge in [0.15, 0.2) is 5.65 Å². The molecule has 0 fully saturated rings. The van der Waals surface area contributed by atoms with Crippen molar-refractivity contribution >= 4 is 16.9 Å². The number of ether oxygens (including phenoxy) is 1. The molecule has 9 nitrogen and oxygen atoms in total. The van der Waals surface area contributed by atoms with Gasteiger partial charge in [0, 0.05) is 11.8 Å². The molecule has 0 spiro atoms. The van der Waals surface area contributed by atoms with Crippen LogP contribution >= 0.6 is 0 Å².